The van der Waals surface area contributed by atoms with E-state index in [1.54, 1.807) is 19.9 Å². The van der Waals surface area contributed by atoms with Gasteiger partial charge in [-0.3, -0.25) is 4.79 Å². The van der Waals surface area contributed by atoms with E-state index in [2.05, 4.69) is 10.3 Å². The normalized spacial score (nSPS) is 10.4. The van der Waals surface area contributed by atoms with Gasteiger partial charge in [0.25, 0.3) is 5.91 Å². The molecular formula is C16H15FN2O3. The Labute approximate surface area is 127 Å². The number of hydrogen-bond donors (Lipinski definition) is 1. The molecule has 1 N–H and O–H groups in total. The van der Waals surface area contributed by atoms with Crippen molar-refractivity contribution in [2.45, 2.75) is 20.0 Å². The van der Waals surface area contributed by atoms with Crippen LogP contribution in [-0.2, 0) is 4.74 Å². The van der Waals surface area contributed by atoms with Crippen molar-refractivity contribution in [2.24, 2.45) is 0 Å². The van der Waals surface area contributed by atoms with E-state index in [4.69, 9.17) is 4.74 Å². The van der Waals surface area contributed by atoms with Crippen LogP contribution >= 0.6 is 0 Å². The number of benzene rings is 1. The van der Waals surface area contributed by atoms with Crippen LogP contribution in [0.2, 0.25) is 0 Å². The second kappa shape index (κ2) is 6.80. The number of halogens is 1. The second-order valence-electron chi connectivity index (χ2n) is 4.83. The lowest BCUT2D eigenvalue weighted by Crippen LogP contribution is -2.17. The van der Waals surface area contributed by atoms with E-state index in [-0.39, 0.29) is 17.5 Å². The first kappa shape index (κ1) is 15.6. The molecule has 1 heterocycles. The molecule has 1 aromatic carbocycles. The summed E-state index contributed by atoms with van der Waals surface area (Å²) < 4.78 is 18.1. The maximum atomic E-state index is 13.1. The number of pyridine rings is 1. The highest BCUT2D eigenvalue weighted by atomic mass is 19.1. The molecular weight excluding hydrogens is 287 g/mol. The molecule has 0 bridgehead atoms. The van der Waals surface area contributed by atoms with Gasteiger partial charge in [0.05, 0.1) is 6.10 Å². The summed E-state index contributed by atoms with van der Waals surface area (Å²) in [6, 6.07) is 9.95. The molecule has 0 atom stereocenters. The highest BCUT2D eigenvalue weighted by molar-refractivity contribution is 6.03. The lowest BCUT2D eigenvalue weighted by atomic mass is 10.2. The molecule has 1 aromatic heterocycles. The zero-order chi connectivity index (χ0) is 16.1. The van der Waals surface area contributed by atoms with E-state index in [0.717, 1.165) is 0 Å². The molecule has 0 aliphatic heterocycles. The molecule has 114 valence electrons. The number of nitrogens with zero attached hydrogens (tertiary/aromatic N) is 1. The molecule has 0 saturated heterocycles. The van der Waals surface area contributed by atoms with Crippen LogP contribution < -0.4 is 5.32 Å². The molecule has 5 nitrogen and oxygen atoms in total. The van der Waals surface area contributed by atoms with E-state index in [1.807, 2.05) is 0 Å². The highest BCUT2D eigenvalue weighted by Gasteiger charge is 2.14. The molecule has 0 aliphatic rings. The summed E-state index contributed by atoms with van der Waals surface area (Å²) in [6.07, 6.45) is -0.279. The number of nitrogens with one attached hydrogen (secondary N) is 1. The van der Waals surface area contributed by atoms with Crippen LogP contribution in [0.25, 0.3) is 0 Å². The van der Waals surface area contributed by atoms with Gasteiger partial charge in [-0.25, -0.2) is 14.2 Å². The molecule has 0 spiro atoms. The van der Waals surface area contributed by atoms with Crippen molar-refractivity contribution in [3.05, 3.63) is 59.7 Å². The largest absolute Gasteiger partial charge is 0.458 e. The van der Waals surface area contributed by atoms with Gasteiger partial charge in [-0.05, 0) is 44.2 Å². The predicted octanol–water partition coefficient (Wildman–Crippen LogP) is 3.04. The molecule has 0 unspecified atom stereocenters. The molecule has 6 heteroatoms. The minimum atomic E-state index is -0.601. The minimum Gasteiger partial charge on any atom is -0.458 e. The SMILES string of the molecule is CC(C)OC(=O)c1cccc(C(=O)Nc2cccc(F)c2)n1. The Hall–Kier alpha value is -2.76. The van der Waals surface area contributed by atoms with E-state index in [9.17, 15) is 14.0 Å². The second-order valence-corrected chi connectivity index (χ2v) is 4.83. The molecule has 0 saturated carbocycles. The van der Waals surface area contributed by atoms with Gasteiger partial charge in [-0.15, -0.1) is 0 Å². The van der Waals surface area contributed by atoms with Crippen molar-refractivity contribution < 1.29 is 18.7 Å². The van der Waals surface area contributed by atoms with E-state index < -0.39 is 17.7 Å². The van der Waals surface area contributed by atoms with Gasteiger partial charge in [-0.1, -0.05) is 12.1 Å². The van der Waals surface area contributed by atoms with Crippen LogP contribution in [0.5, 0.6) is 0 Å². The maximum absolute atomic E-state index is 13.1. The van der Waals surface area contributed by atoms with E-state index in [1.165, 1.54) is 36.4 Å². The fourth-order valence-corrected chi connectivity index (χ4v) is 1.71. The summed E-state index contributed by atoms with van der Waals surface area (Å²) in [5.74, 6) is -1.60. The summed E-state index contributed by atoms with van der Waals surface area (Å²) in [4.78, 5) is 27.8. The summed E-state index contributed by atoms with van der Waals surface area (Å²) >= 11 is 0. The third kappa shape index (κ3) is 4.12. The van der Waals surface area contributed by atoms with Crippen molar-refractivity contribution in [2.75, 3.05) is 5.32 Å². The molecule has 1 amide bonds. The number of ether oxygens (including phenoxy) is 1. The summed E-state index contributed by atoms with van der Waals surface area (Å²) in [5, 5.41) is 2.51. The summed E-state index contributed by atoms with van der Waals surface area (Å²) in [7, 11) is 0. The Morgan fingerprint density at radius 3 is 2.50 bits per heavy atom. The van der Waals surface area contributed by atoms with Crippen molar-refractivity contribution in [3.8, 4) is 0 Å². The number of aromatic nitrogens is 1. The number of carbonyl (C=O) groups excluding carboxylic acids is 2. The van der Waals surface area contributed by atoms with Crippen molar-refractivity contribution in [1.82, 2.24) is 4.98 Å². The zero-order valence-corrected chi connectivity index (χ0v) is 12.2. The lowest BCUT2D eigenvalue weighted by Gasteiger charge is -2.08. The fourth-order valence-electron chi connectivity index (χ4n) is 1.71. The van der Waals surface area contributed by atoms with Crippen molar-refractivity contribution >= 4 is 17.6 Å². The highest BCUT2D eigenvalue weighted by Crippen LogP contribution is 2.11. The fraction of sp³-hybridized carbons (Fsp3) is 0.188. The number of carbonyl (C=O) groups is 2. The number of esters is 1. The lowest BCUT2D eigenvalue weighted by molar-refractivity contribution is 0.0371. The van der Waals surface area contributed by atoms with Crippen LogP contribution in [-0.4, -0.2) is 23.0 Å². The summed E-state index contributed by atoms with van der Waals surface area (Å²) in [6.45, 7) is 3.44. The number of rotatable bonds is 4. The molecule has 0 aliphatic carbocycles. The minimum absolute atomic E-state index is 0.0422. The van der Waals surface area contributed by atoms with Gasteiger partial charge < -0.3 is 10.1 Å². The average molecular weight is 302 g/mol. The smallest absolute Gasteiger partial charge is 0.357 e. The molecule has 22 heavy (non-hydrogen) atoms. The van der Waals surface area contributed by atoms with Crippen LogP contribution in [0.15, 0.2) is 42.5 Å². The predicted molar refractivity (Wildman–Crippen MR) is 79.1 cm³/mol. The number of anilines is 1. The van der Waals surface area contributed by atoms with Crippen LogP contribution in [0.3, 0.4) is 0 Å². The average Bonchev–Trinajstić information content (AvgIpc) is 2.46. The number of amides is 1. The van der Waals surface area contributed by atoms with Gasteiger partial charge >= 0.3 is 5.97 Å². The van der Waals surface area contributed by atoms with Gasteiger partial charge in [0.2, 0.25) is 0 Å². The van der Waals surface area contributed by atoms with Gasteiger partial charge in [-0.2, -0.15) is 0 Å². The topological polar surface area (TPSA) is 68.3 Å². The Balaban J connectivity index is 2.15. The first-order valence-electron chi connectivity index (χ1n) is 6.70. The molecule has 2 aromatic rings. The monoisotopic (exact) mass is 302 g/mol. The van der Waals surface area contributed by atoms with Crippen molar-refractivity contribution in [1.29, 1.82) is 0 Å². The Morgan fingerprint density at radius 2 is 1.82 bits per heavy atom. The Morgan fingerprint density at radius 1 is 1.14 bits per heavy atom. The quantitative estimate of drug-likeness (QED) is 0.881. The molecule has 2 rings (SSSR count). The van der Waals surface area contributed by atoms with Crippen molar-refractivity contribution in [3.63, 3.8) is 0 Å². The van der Waals surface area contributed by atoms with Gasteiger partial charge in [0, 0.05) is 5.69 Å². The first-order valence-corrected chi connectivity index (χ1v) is 6.70. The van der Waals surface area contributed by atoms with Crippen LogP contribution in [0, 0.1) is 5.82 Å². The number of hydrogen-bond acceptors (Lipinski definition) is 4. The van der Waals surface area contributed by atoms with E-state index >= 15 is 0 Å². The molecule has 0 fully saturated rings. The van der Waals surface area contributed by atoms with E-state index in [0.29, 0.717) is 5.69 Å². The van der Waals surface area contributed by atoms with Crippen LogP contribution in [0.1, 0.15) is 34.8 Å². The Bertz CT molecular complexity index is 701. The third-order valence-corrected chi connectivity index (χ3v) is 2.62. The Kier molecular flexibility index (Phi) is 4.83. The van der Waals surface area contributed by atoms with Crippen LogP contribution in [0.4, 0.5) is 10.1 Å². The third-order valence-electron chi connectivity index (χ3n) is 2.62. The van der Waals surface area contributed by atoms with Gasteiger partial charge in [0.15, 0.2) is 0 Å². The van der Waals surface area contributed by atoms with Gasteiger partial charge in [0.1, 0.15) is 17.2 Å². The first-order chi connectivity index (χ1) is 10.5. The molecule has 0 radical (unpaired) electrons. The summed E-state index contributed by atoms with van der Waals surface area (Å²) in [5.41, 5.74) is 0.394. The zero-order valence-electron chi connectivity index (χ0n) is 12.2. The maximum Gasteiger partial charge on any atom is 0.357 e. The standard InChI is InChI=1S/C16H15FN2O3/c1-10(2)22-16(21)14-8-4-7-13(19-14)15(20)18-12-6-3-5-11(17)9-12/h3-10H,1-2H3,(H,18,20).